The molecule has 2 aromatic heterocycles. The number of nitrogens with zero attached hydrogens (tertiary/aromatic N) is 2. The van der Waals surface area contributed by atoms with E-state index in [2.05, 4.69) is 5.32 Å². The number of anilines is 1. The van der Waals surface area contributed by atoms with Gasteiger partial charge in [0, 0.05) is 9.90 Å². The number of carbonyl (C=O) groups is 1. The quantitative estimate of drug-likeness (QED) is 0.442. The summed E-state index contributed by atoms with van der Waals surface area (Å²) < 4.78 is 41.8. The Morgan fingerprint density at radius 2 is 1.82 bits per heavy atom. The van der Waals surface area contributed by atoms with E-state index in [0.29, 0.717) is 5.02 Å². The van der Waals surface area contributed by atoms with Gasteiger partial charge in [-0.3, -0.25) is 14.2 Å². The molecule has 0 bridgehead atoms. The third-order valence-corrected chi connectivity index (χ3v) is 6.12. The van der Waals surface area contributed by atoms with E-state index in [1.165, 1.54) is 24.3 Å². The van der Waals surface area contributed by atoms with E-state index in [4.69, 9.17) is 11.6 Å². The Labute approximate surface area is 193 Å². The Balaban J connectivity index is 1.81. The van der Waals surface area contributed by atoms with Gasteiger partial charge in [-0.1, -0.05) is 29.8 Å². The molecule has 1 N–H and O–H groups in total. The molecule has 0 aliphatic heterocycles. The van der Waals surface area contributed by atoms with Crippen LogP contribution in [0, 0.1) is 6.92 Å². The highest BCUT2D eigenvalue weighted by Crippen LogP contribution is 2.34. The minimum atomic E-state index is -4.67. The van der Waals surface area contributed by atoms with Gasteiger partial charge in [-0.2, -0.15) is 13.2 Å². The lowest BCUT2D eigenvalue weighted by atomic mass is 10.1. The number of alkyl halides is 3. The molecule has 4 aromatic rings. The van der Waals surface area contributed by atoms with E-state index in [9.17, 15) is 27.6 Å². The number of hydrogen-bond donors (Lipinski definition) is 1. The van der Waals surface area contributed by atoms with Crippen LogP contribution in [0.5, 0.6) is 0 Å². The second-order valence-corrected chi connectivity index (χ2v) is 8.83. The van der Waals surface area contributed by atoms with Gasteiger partial charge in [0.05, 0.1) is 22.3 Å². The summed E-state index contributed by atoms with van der Waals surface area (Å²) in [5.41, 5.74) is -2.62. The summed E-state index contributed by atoms with van der Waals surface area (Å²) in [5.74, 6) is -0.850. The maximum atomic E-state index is 13.3. The molecule has 0 aliphatic carbocycles. The number of carbonyl (C=O) groups excluding carboxylic acids is 1. The van der Waals surface area contributed by atoms with Gasteiger partial charge in [-0.15, -0.1) is 11.3 Å². The van der Waals surface area contributed by atoms with Crippen molar-refractivity contribution < 1.29 is 18.0 Å². The molecule has 33 heavy (non-hydrogen) atoms. The van der Waals surface area contributed by atoms with Crippen LogP contribution in [0.2, 0.25) is 5.02 Å². The minimum absolute atomic E-state index is 0.208. The SMILES string of the molecule is Cc1cc2c(=O)n(-c3cccc(Cl)c3)c(=O)n(CC(=O)Nc3ccccc3C(F)(F)F)c2s1. The monoisotopic (exact) mass is 493 g/mol. The van der Waals surface area contributed by atoms with Gasteiger partial charge < -0.3 is 5.32 Å². The molecular weight excluding hydrogens is 479 g/mol. The maximum absolute atomic E-state index is 13.3. The standard InChI is InChI=1S/C22H15ClF3N3O3S/c1-12-9-15-19(31)29(14-6-4-5-13(23)10-14)21(32)28(20(15)33-12)11-18(30)27-17-8-3-2-7-16(17)22(24,25)26/h2-10H,11H2,1H3,(H,27,30). The molecule has 11 heteroatoms. The number of nitrogens with one attached hydrogen (secondary N) is 1. The second kappa shape index (κ2) is 8.53. The summed E-state index contributed by atoms with van der Waals surface area (Å²) in [5, 5.41) is 2.73. The highest BCUT2D eigenvalue weighted by atomic mass is 35.5. The molecule has 0 atom stereocenters. The van der Waals surface area contributed by atoms with Gasteiger partial charge in [-0.25, -0.2) is 9.36 Å². The van der Waals surface area contributed by atoms with Crippen molar-refractivity contribution in [3.05, 3.63) is 90.9 Å². The molecule has 0 fully saturated rings. The van der Waals surface area contributed by atoms with Crippen molar-refractivity contribution in [2.45, 2.75) is 19.6 Å². The van der Waals surface area contributed by atoms with Crippen molar-refractivity contribution in [1.82, 2.24) is 9.13 Å². The summed E-state index contributed by atoms with van der Waals surface area (Å²) in [6, 6.07) is 12.2. The topological polar surface area (TPSA) is 73.1 Å². The minimum Gasteiger partial charge on any atom is -0.324 e. The Kier molecular flexibility index (Phi) is 5.89. The fraction of sp³-hybridized carbons (Fsp3) is 0.136. The molecule has 2 aromatic carbocycles. The predicted octanol–water partition coefficient (Wildman–Crippen LogP) is 4.83. The van der Waals surface area contributed by atoms with Gasteiger partial charge in [0.1, 0.15) is 11.4 Å². The van der Waals surface area contributed by atoms with Crippen molar-refractivity contribution >= 4 is 44.7 Å². The second-order valence-electron chi connectivity index (χ2n) is 7.16. The number of halogens is 4. The lowest BCUT2D eigenvalue weighted by molar-refractivity contribution is -0.137. The van der Waals surface area contributed by atoms with Crippen LogP contribution in [-0.4, -0.2) is 15.0 Å². The summed E-state index contributed by atoms with van der Waals surface area (Å²) in [7, 11) is 0. The van der Waals surface area contributed by atoms with Gasteiger partial charge in [-0.05, 0) is 43.3 Å². The first kappa shape index (κ1) is 22.8. The normalized spacial score (nSPS) is 11.7. The number of thiophene rings is 1. The third kappa shape index (κ3) is 4.44. The molecule has 1 amide bonds. The van der Waals surface area contributed by atoms with Crippen LogP contribution < -0.4 is 16.6 Å². The largest absolute Gasteiger partial charge is 0.418 e. The number of amides is 1. The van der Waals surface area contributed by atoms with E-state index in [1.807, 2.05) is 0 Å². The Bertz CT molecular complexity index is 1500. The molecule has 170 valence electrons. The van der Waals surface area contributed by atoms with E-state index in [1.54, 1.807) is 25.1 Å². The molecule has 0 saturated carbocycles. The Morgan fingerprint density at radius 3 is 2.52 bits per heavy atom. The van der Waals surface area contributed by atoms with E-state index in [0.717, 1.165) is 37.5 Å². The van der Waals surface area contributed by atoms with Crippen LogP contribution in [0.1, 0.15) is 10.4 Å². The van der Waals surface area contributed by atoms with Gasteiger partial charge in [0.25, 0.3) is 5.56 Å². The number of hydrogen-bond acceptors (Lipinski definition) is 4. The average molecular weight is 494 g/mol. The zero-order valence-corrected chi connectivity index (χ0v) is 18.5. The fourth-order valence-corrected chi connectivity index (χ4v) is 4.60. The number of rotatable bonds is 4. The summed E-state index contributed by atoms with van der Waals surface area (Å²) >= 11 is 7.14. The Morgan fingerprint density at radius 1 is 1.09 bits per heavy atom. The number of fused-ring (bicyclic) bond motifs is 1. The molecular formula is C22H15ClF3N3O3S. The third-order valence-electron chi connectivity index (χ3n) is 4.81. The average Bonchev–Trinajstić information content (AvgIpc) is 3.13. The number of aromatic nitrogens is 2. The van der Waals surface area contributed by atoms with Crippen LogP contribution in [0.3, 0.4) is 0 Å². The van der Waals surface area contributed by atoms with Crippen LogP contribution >= 0.6 is 22.9 Å². The molecule has 0 saturated heterocycles. The maximum Gasteiger partial charge on any atom is 0.418 e. The van der Waals surface area contributed by atoms with Crippen molar-refractivity contribution in [2.75, 3.05) is 5.32 Å². The molecule has 6 nitrogen and oxygen atoms in total. The van der Waals surface area contributed by atoms with Gasteiger partial charge >= 0.3 is 11.9 Å². The molecule has 4 rings (SSSR count). The van der Waals surface area contributed by atoms with Crippen LogP contribution in [0.4, 0.5) is 18.9 Å². The van der Waals surface area contributed by atoms with Crippen molar-refractivity contribution in [3.8, 4) is 5.69 Å². The molecule has 2 heterocycles. The van der Waals surface area contributed by atoms with Gasteiger partial charge in [0.15, 0.2) is 0 Å². The number of benzene rings is 2. The summed E-state index contributed by atoms with van der Waals surface area (Å²) in [6.07, 6.45) is -4.67. The zero-order chi connectivity index (χ0) is 23.9. The van der Waals surface area contributed by atoms with E-state index in [-0.39, 0.29) is 15.9 Å². The van der Waals surface area contributed by atoms with Crippen LogP contribution in [0.25, 0.3) is 15.9 Å². The van der Waals surface area contributed by atoms with Crippen molar-refractivity contribution in [2.24, 2.45) is 0 Å². The van der Waals surface area contributed by atoms with Crippen LogP contribution in [0.15, 0.2) is 64.2 Å². The van der Waals surface area contributed by atoms with Gasteiger partial charge in [0.2, 0.25) is 5.91 Å². The zero-order valence-electron chi connectivity index (χ0n) is 16.9. The first-order valence-corrected chi connectivity index (χ1v) is 10.7. The number of aryl methyl sites for hydroxylation is 1. The summed E-state index contributed by atoms with van der Waals surface area (Å²) in [6.45, 7) is 1.14. The van der Waals surface area contributed by atoms with Crippen LogP contribution in [-0.2, 0) is 17.5 Å². The molecule has 0 spiro atoms. The predicted molar refractivity (Wildman–Crippen MR) is 122 cm³/mol. The molecule has 0 aliphatic rings. The lowest BCUT2D eigenvalue weighted by Gasteiger charge is -2.15. The van der Waals surface area contributed by atoms with Crippen molar-refractivity contribution in [1.29, 1.82) is 0 Å². The Hall–Kier alpha value is -3.37. The van der Waals surface area contributed by atoms with E-state index < -0.39 is 41.1 Å². The molecule has 0 unspecified atom stereocenters. The fourth-order valence-electron chi connectivity index (χ4n) is 3.43. The smallest absolute Gasteiger partial charge is 0.324 e. The highest BCUT2D eigenvalue weighted by Gasteiger charge is 2.33. The highest BCUT2D eigenvalue weighted by molar-refractivity contribution is 7.18. The number of para-hydroxylation sites is 1. The first-order chi connectivity index (χ1) is 15.6. The molecule has 0 radical (unpaired) electrons. The lowest BCUT2D eigenvalue weighted by Crippen LogP contribution is -2.40. The van der Waals surface area contributed by atoms with E-state index >= 15 is 0 Å². The van der Waals surface area contributed by atoms with Crippen molar-refractivity contribution in [3.63, 3.8) is 0 Å². The summed E-state index contributed by atoms with van der Waals surface area (Å²) in [4.78, 5) is 40.0. The first-order valence-electron chi connectivity index (χ1n) is 9.54.